The molecule has 0 fully saturated rings. The van der Waals surface area contributed by atoms with E-state index in [1.165, 1.54) is 6.08 Å². The van der Waals surface area contributed by atoms with E-state index in [2.05, 4.69) is 12.2 Å². The first-order chi connectivity index (χ1) is 10.0. The molecule has 1 rings (SSSR count). The summed E-state index contributed by atoms with van der Waals surface area (Å²) in [4.78, 5) is 11.5. The zero-order valence-electron chi connectivity index (χ0n) is 12.6. The molecule has 0 radical (unpaired) electrons. The maximum atomic E-state index is 11.5. The highest BCUT2D eigenvalue weighted by atomic mass is 16.5. The lowest BCUT2D eigenvalue weighted by Gasteiger charge is -2.08. The molecule has 1 atom stereocenters. The van der Waals surface area contributed by atoms with Crippen molar-refractivity contribution in [2.45, 2.75) is 32.8 Å². The fraction of sp³-hybridized carbons (Fsp3) is 0.438. The molecule has 0 aliphatic heterocycles. The van der Waals surface area contributed by atoms with Gasteiger partial charge in [-0.1, -0.05) is 19.4 Å². The molecule has 0 spiro atoms. The number of rotatable bonds is 8. The summed E-state index contributed by atoms with van der Waals surface area (Å²) in [7, 11) is 0. The third kappa shape index (κ3) is 6.81. The highest BCUT2D eigenvalue weighted by Crippen LogP contribution is 2.23. The van der Waals surface area contributed by atoms with E-state index >= 15 is 0 Å². The summed E-state index contributed by atoms with van der Waals surface area (Å²) in [5.41, 5.74) is 7.29. The lowest BCUT2D eigenvalue weighted by molar-refractivity contribution is -0.116. The van der Waals surface area contributed by atoms with E-state index in [1.54, 1.807) is 25.1 Å². The van der Waals surface area contributed by atoms with Gasteiger partial charge in [-0.05, 0) is 37.1 Å². The highest BCUT2D eigenvalue weighted by Gasteiger charge is 2.02. The number of nitrogen functional groups attached to an aromatic ring is 1. The fourth-order valence-corrected chi connectivity index (χ4v) is 1.61. The van der Waals surface area contributed by atoms with Gasteiger partial charge >= 0.3 is 0 Å². The minimum Gasteiger partial charge on any atom is -0.491 e. The van der Waals surface area contributed by atoms with Crippen LogP contribution in [0.4, 0.5) is 5.69 Å². The third-order valence-corrected chi connectivity index (χ3v) is 2.79. The molecule has 0 aromatic heterocycles. The smallest absolute Gasteiger partial charge is 0.244 e. The summed E-state index contributed by atoms with van der Waals surface area (Å²) >= 11 is 0. The van der Waals surface area contributed by atoms with Gasteiger partial charge in [-0.2, -0.15) is 0 Å². The molecule has 0 saturated heterocycles. The van der Waals surface area contributed by atoms with Crippen LogP contribution < -0.4 is 15.8 Å². The van der Waals surface area contributed by atoms with E-state index in [-0.39, 0.29) is 12.5 Å². The predicted octanol–water partition coefficient (Wildman–Crippen LogP) is 1.96. The van der Waals surface area contributed by atoms with Crippen molar-refractivity contribution in [1.82, 2.24) is 5.32 Å². The number of amides is 1. The Hall–Kier alpha value is -2.01. The van der Waals surface area contributed by atoms with Crippen molar-refractivity contribution in [2.75, 3.05) is 18.9 Å². The van der Waals surface area contributed by atoms with E-state index in [4.69, 9.17) is 15.6 Å². The number of aliphatic hydroxyl groups is 1. The minimum absolute atomic E-state index is 0.232. The van der Waals surface area contributed by atoms with Crippen LogP contribution in [0.25, 0.3) is 6.08 Å². The number of anilines is 1. The molecule has 1 amide bonds. The largest absolute Gasteiger partial charge is 0.491 e. The Balaban J connectivity index is 2.56. The number of aliphatic hydroxyl groups excluding tert-OH is 1. The Bertz CT molecular complexity index is 484. The van der Waals surface area contributed by atoms with Crippen LogP contribution in [0.5, 0.6) is 5.75 Å². The Morgan fingerprint density at radius 2 is 2.29 bits per heavy atom. The number of hydrogen-bond acceptors (Lipinski definition) is 4. The van der Waals surface area contributed by atoms with Gasteiger partial charge in [0, 0.05) is 12.6 Å². The van der Waals surface area contributed by atoms with Crippen molar-refractivity contribution in [3.8, 4) is 5.75 Å². The predicted molar refractivity (Wildman–Crippen MR) is 85.0 cm³/mol. The SMILES string of the molecule is CCCCOc1ccc(/C=C\C(=O)NCC(C)O)cc1N. The third-order valence-electron chi connectivity index (χ3n) is 2.79. The molecule has 1 aromatic carbocycles. The second kappa shape index (κ2) is 9.02. The minimum atomic E-state index is -0.558. The molecule has 116 valence electrons. The molecule has 0 saturated carbocycles. The van der Waals surface area contributed by atoms with Crippen LogP contribution in [-0.2, 0) is 4.79 Å². The number of nitrogens with one attached hydrogen (secondary N) is 1. The average molecular weight is 292 g/mol. The fourth-order valence-electron chi connectivity index (χ4n) is 1.61. The topological polar surface area (TPSA) is 84.6 Å². The van der Waals surface area contributed by atoms with Gasteiger partial charge in [0.15, 0.2) is 0 Å². The Labute approximate surface area is 125 Å². The number of benzene rings is 1. The number of unbranched alkanes of at least 4 members (excludes halogenated alkanes) is 1. The first kappa shape index (κ1) is 17.0. The summed E-state index contributed by atoms with van der Waals surface area (Å²) in [5.74, 6) is 0.414. The molecule has 0 aliphatic carbocycles. The maximum Gasteiger partial charge on any atom is 0.244 e. The molecule has 0 bridgehead atoms. The van der Waals surface area contributed by atoms with E-state index in [1.807, 2.05) is 6.07 Å². The molecule has 4 N–H and O–H groups in total. The summed E-state index contributed by atoms with van der Waals surface area (Å²) in [6, 6.07) is 5.41. The molecule has 1 aromatic rings. The number of carbonyl (C=O) groups excluding carboxylic acids is 1. The lowest BCUT2D eigenvalue weighted by atomic mass is 10.1. The van der Waals surface area contributed by atoms with Gasteiger partial charge in [0.1, 0.15) is 5.75 Å². The lowest BCUT2D eigenvalue weighted by Crippen LogP contribution is -2.28. The second-order valence-electron chi connectivity index (χ2n) is 4.93. The number of ether oxygens (including phenoxy) is 1. The van der Waals surface area contributed by atoms with E-state index in [0.717, 1.165) is 18.4 Å². The quantitative estimate of drug-likeness (QED) is 0.388. The maximum absolute atomic E-state index is 11.5. The normalized spacial score (nSPS) is 12.3. The summed E-state index contributed by atoms with van der Waals surface area (Å²) in [6.07, 6.45) is 4.59. The van der Waals surface area contributed by atoms with Gasteiger partial charge in [0.25, 0.3) is 0 Å². The molecule has 0 heterocycles. The Morgan fingerprint density at radius 1 is 1.52 bits per heavy atom. The van der Waals surface area contributed by atoms with Crippen molar-refractivity contribution in [2.24, 2.45) is 0 Å². The van der Waals surface area contributed by atoms with Crippen molar-refractivity contribution < 1.29 is 14.6 Å². The summed E-state index contributed by atoms with van der Waals surface area (Å²) < 4.78 is 5.57. The van der Waals surface area contributed by atoms with Crippen molar-refractivity contribution >= 4 is 17.7 Å². The van der Waals surface area contributed by atoms with Crippen LogP contribution >= 0.6 is 0 Å². The van der Waals surface area contributed by atoms with Gasteiger partial charge < -0.3 is 20.9 Å². The Kier molecular flexibility index (Phi) is 7.32. The van der Waals surface area contributed by atoms with Crippen LogP contribution in [0.15, 0.2) is 24.3 Å². The second-order valence-corrected chi connectivity index (χ2v) is 4.93. The van der Waals surface area contributed by atoms with Crippen LogP contribution in [0, 0.1) is 0 Å². The molecule has 5 heteroatoms. The van der Waals surface area contributed by atoms with E-state index in [0.29, 0.717) is 18.0 Å². The molecule has 5 nitrogen and oxygen atoms in total. The van der Waals surface area contributed by atoms with Crippen molar-refractivity contribution in [3.05, 3.63) is 29.8 Å². The van der Waals surface area contributed by atoms with Gasteiger partial charge in [0.2, 0.25) is 5.91 Å². The van der Waals surface area contributed by atoms with Crippen LogP contribution in [0.2, 0.25) is 0 Å². The Morgan fingerprint density at radius 3 is 2.90 bits per heavy atom. The highest BCUT2D eigenvalue weighted by molar-refractivity contribution is 5.91. The van der Waals surface area contributed by atoms with Crippen LogP contribution in [0.3, 0.4) is 0 Å². The van der Waals surface area contributed by atoms with Crippen molar-refractivity contribution in [3.63, 3.8) is 0 Å². The first-order valence-corrected chi connectivity index (χ1v) is 7.19. The molecular formula is C16H24N2O3. The zero-order valence-corrected chi connectivity index (χ0v) is 12.6. The molecule has 1 unspecified atom stereocenters. The molecule has 21 heavy (non-hydrogen) atoms. The van der Waals surface area contributed by atoms with Gasteiger partial charge in [-0.25, -0.2) is 0 Å². The van der Waals surface area contributed by atoms with E-state index < -0.39 is 6.10 Å². The van der Waals surface area contributed by atoms with Gasteiger partial charge in [0.05, 0.1) is 18.4 Å². The van der Waals surface area contributed by atoms with Crippen LogP contribution in [-0.4, -0.2) is 30.3 Å². The summed E-state index contributed by atoms with van der Waals surface area (Å²) in [6.45, 7) is 4.60. The molecule has 0 aliphatic rings. The van der Waals surface area contributed by atoms with Gasteiger partial charge in [-0.3, -0.25) is 4.79 Å². The number of carbonyl (C=O) groups is 1. The number of hydrogen-bond donors (Lipinski definition) is 3. The van der Waals surface area contributed by atoms with Gasteiger partial charge in [-0.15, -0.1) is 0 Å². The van der Waals surface area contributed by atoms with E-state index in [9.17, 15) is 4.79 Å². The molecular weight excluding hydrogens is 268 g/mol. The van der Waals surface area contributed by atoms with Crippen molar-refractivity contribution in [1.29, 1.82) is 0 Å². The standard InChI is InChI=1S/C16H24N2O3/c1-3-4-9-21-15-7-5-13(10-14(15)17)6-8-16(20)18-11-12(2)19/h5-8,10,12,19H,3-4,9,11,17H2,1-2H3,(H,18,20)/b8-6-. The monoisotopic (exact) mass is 292 g/mol. The number of nitrogens with two attached hydrogens (primary N) is 1. The summed E-state index contributed by atoms with van der Waals surface area (Å²) in [5, 5.41) is 11.7. The average Bonchev–Trinajstić information content (AvgIpc) is 2.45. The zero-order chi connectivity index (χ0) is 15.7. The first-order valence-electron chi connectivity index (χ1n) is 7.19. The van der Waals surface area contributed by atoms with Crippen LogP contribution in [0.1, 0.15) is 32.3 Å².